The van der Waals surface area contributed by atoms with Crippen molar-refractivity contribution < 1.29 is 9.53 Å². The van der Waals surface area contributed by atoms with E-state index in [4.69, 9.17) is 4.74 Å². The molecule has 0 spiro atoms. The SMILES string of the molecule is Cc1nc2n(n1)CCC[C@@H]2NC(=O)N[C@@H](C)[C@@H](C)Oc1ccccc1. The molecule has 0 aliphatic carbocycles. The summed E-state index contributed by atoms with van der Waals surface area (Å²) in [6, 6.07) is 9.14. The number of hydrogen-bond acceptors (Lipinski definition) is 4. The summed E-state index contributed by atoms with van der Waals surface area (Å²) in [7, 11) is 0. The molecule has 3 rings (SSSR count). The molecule has 7 nitrogen and oxygen atoms in total. The van der Waals surface area contributed by atoms with Gasteiger partial charge in [0.25, 0.3) is 0 Å². The van der Waals surface area contributed by atoms with E-state index in [1.807, 2.05) is 55.8 Å². The monoisotopic (exact) mass is 343 g/mol. The predicted octanol–water partition coefficient (Wildman–Crippen LogP) is 2.58. The number of para-hydroxylation sites is 1. The number of ether oxygens (including phenoxy) is 1. The van der Waals surface area contributed by atoms with Crippen molar-refractivity contribution in [3.05, 3.63) is 42.0 Å². The summed E-state index contributed by atoms with van der Waals surface area (Å²) in [5, 5.41) is 10.3. The fraction of sp³-hybridized carbons (Fsp3) is 0.500. The highest BCUT2D eigenvalue weighted by Crippen LogP contribution is 2.22. The molecule has 3 atom stereocenters. The Hall–Kier alpha value is -2.57. The first-order valence-electron chi connectivity index (χ1n) is 8.73. The first kappa shape index (κ1) is 17.3. The normalized spacial score (nSPS) is 18.8. The topological polar surface area (TPSA) is 81.1 Å². The number of urea groups is 1. The second-order valence-corrected chi connectivity index (χ2v) is 6.48. The number of amides is 2. The molecule has 0 saturated heterocycles. The molecule has 2 amide bonds. The molecular formula is C18H25N5O2. The number of carbonyl (C=O) groups is 1. The van der Waals surface area contributed by atoms with Crippen LogP contribution < -0.4 is 15.4 Å². The number of carbonyl (C=O) groups excluding carboxylic acids is 1. The summed E-state index contributed by atoms with van der Waals surface area (Å²) in [6.07, 6.45) is 1.70. The average Bonchev–Trinajstić information content (AvgIpc) is 2.97. The second-order valence-electron chi connectivity index (χ2n) is 6.48. The molecule has 2 aromatic rings. The van der Waals surface area contributed by atoms with Crippen LogP contribution in [0.1, 0.15) is 44.4 Å². The van der Waals surface area contributed by atoms with E-state index in [9.17, 15) is 4.79 Å². The maximum atomic E-state index is 12.4. The van der Waals surface area contributed by atoms with E-state index in [1.54, 1.807) is 0 Å². The lowest BCUT2D eigenvalue weighted by Crippen LogP contribution is -2.48. The van der Waals surface area contributed by atoms with Gasteiger partial charge < -0.3 is 15.4 Å². The van der Waals surface area contributed by atoms with Gasteiger partial charge in [0.05, 0.1) is 12.1 Å². The number of aryl methyl sites for hydroxylation is 2. The van der Waals surface area contributed by atoms with Gasteiger partial charge in [-0.15, -0.1) is 0 Å². The molecule has 2 heterocycles. The van der Waals surface area contributed by atoms with Crippen LogP contribution in [0.5, 0.6) is 5.75 Å². The zero-order valence-corrected chi connectivity index (χ0v) is 14.9. The molecule has 1 aliphatic heterocycles. The van der Waals surface area contributed by atoms with Crippen LogP contribution >= 0.6 is 0 Å². The van der Waals surface area contributed by atoms with Gasteiger partial charge in [-0.25, -0.2) is 14.5 Å². The Balaban J connectivity index is 1.54. The third-order valence-corrected chi connectivity index (χ3v) is 4.41. The standard InChI is InChI=1S/C18H25N5O2/c1-12(13(2)25-15-8-5-4-6-9-15)19-18(24)21-16-10-7-11-23-17(16)20-14(3)22-23/h4-6,8-9,12-13,16H,7,10-11H2,1-3H3,(H2,19,21,24)/t12-,13+,16-/m0/s1. The molecule has 0 fully saturated rings. The lowest BCUT2D eigenvalue weighted by molar-refractivity contribution is 0.173. The minimum absolute atomic E-state index is 0.104. The maximum Gasteiger partial charge on any atom is 0.315 e. The Kier molecular flexibility index (Phi) is 5.21. The molecule has 7 heteroatoms. The van der Waals surface area contributed by atoms with E-state index in [0.29, 0.717) is 0 Å². The van der Waals surface area contributed by atoms with Gasteiger partial charge in [0, 0.05) is 6.54 Å². The van der Waals surface area contributed by atoms with Crippen LogP contribution in [0, 0.1) is 6.92 Å². The molecule has 0 bridgehead atoms. The van der Waals surface area contributed by atoms with Gasteiger partial charge in [0.2, 0.25) is 0 Å². The Bertz CT molecular complexity index is 716. The van der Waals surface area contributed by atoms with Crippen LogP contribution in [0.15, 0.2) is 30.3 Å². The van der Waals surface area contributed by atoms with Crippen molar-refractivity contribution in [1.29, 1.82) is 0 Å². The highest BCUT2D eigenvalue weighted by molar-refractivity contribution is 5.74. The number of benzene rings is 1. The first-order chi connectivity index (χ1) is 12.0. The molecule has 25 heavy (non-hydrogen) atoms. The quantitative estimate of drug-likeness (QED) is 0.874. The van der Waals surface area contributed by atoms with Crippen LogP contribution in [-0.2, 0) is 6.54 Å². The number of fused-ring (bicyclic) bond motifs is 1. The number of nitrogens with zero attached hydrogens (tertiary/aromatic N) is 3. The Labute approximate surface area is 147 Å². The van der Waals surface area contributed by atoms with Gasteiger partial charge in [-0.3, -0.25) is 0 Å². The van der Waals surface area contributed by atoms with Crippen LogP contribution in [-0.4, -0.2) is 32.9 Å². The third-order valence-electron chi connectivity index (χ3n) is 4.41. The Morgan fingerprint density at radius 1 is 1.32 bits per heavy atom. The minimum Gasteiger partial charge on any atom is -0.489 e. The van der Waals surface area contributed by atoms with Crippen molar-refractivity contribution in [1.82, 2.24) is 25.4 Å². The number of rotatable bonds is 5. The van der Waals surface area contributed by atoms with E-state index >= 15 is 0 Å². The second kappa shape index (κ2) is 7.55. The highest BCUT2D eigenvalue weighted by atomic mass is 16.5. The summed E-state index contributed by atoms with van der Waals surface area (Å²) in [5.74, 6) is 2.36. The largest absolute Gasteiger partial charge is 0.489 e. The molecule has 1 aromatic carbocycles. The number of hydrogen-bond donors (Lipinski definition) is 2. The fourth-order valence-electron chi connectivity index (χ4n) is 2.94. The maximum absolute atomic E-state index is 12.4. The van der Waals surface area contributed by atoms with Gasteiger partial charge in [0.1, 0.15) is 23.5 Å². The summed E-state index contributed by atoms with van der Waals surface area (Å²) < 4.78 is 7.74. The zero-order chi connectivity index (χ0) is 17.8. The summed E-state index contributed by atoms with van der Waals surface area (Å²) in [5.41, 5.74) is 0. The van der Waals surface area contributed by atoms with Gasteiger partial charge in [-0.2, -0.15) is 5.10 Å². The van der Waals surface area contributed by atoms with Crippen LogP contribution in [0.2, 0.25) is 0 Å². The number of nitrogens with one attached hydrogen (secondary N) is 2. The van der Waals surface area contributed by atoms with Crippen LogP contribution in [0.4, 0.5) is 4.79 Å². The van der Waals surface area contributed by atoms with Crippen molar-refractivity contribution in [3.8, 4) is 5.75 Å². The predicted molar refractivity (Wildman–Crippen MR) is 94.4 cm³/mol. The average molecular weight is 343 g/mol. The number of aromatic nitrogens is 3. The molecule has 134 valence electrons. The van der Waals surface area contributed by atoms with E-state index in [1.165, 1.54) is 0 Å². The molecule has 1 aliphatic rings. The molecular weight excluding hydrogens is 318 g/mol. The van der Waals surface area contributed by atoms with E-state index in [2.05, 4.69) is 20.7 Å². The Morgan fingerprint density at radius 2 is 2.08 bits per heavy atom. The summed E-state index contributed by atoms with van der Waals surface area (Å²) in [4.78, 5) is 16.8. The van der Waals surface area contributed by atoms with Gasteiger partial charge >= 0.3 is 6.03 Å². The highest BCUT2D eigenvalue weighted by Gasteiger charge is 2.26. The third kappa shape index (κ3) is 4.29. The summed E-state index contributed by atoms with van der Waals surface area (Å²) >= 11 is 0. The van der Waals surface area contributed by atoms with Crippen LogP contribution in [0.3, 0.4) is 0 Å². The van der Waals surface area contributed by atoms with E-state index in [-0.39, 0.29) is 24.2 Å². The molecule has 1 aromatic heterocycles. The Morgan fingerprint density at radius 3 is 2.84 bits per heavy atom. The summed E-state index contributed by atoms with van der Waals surface area (Å²) in [6.45, 7) is 6.60. The van der Waals surface area contributed by atoms with Gasteiger partial charge in [-0.05, 0) is 45.7 Å². The van der Waals surface area contributed by atoms with E-state index in [0.717, 1.165) is 36.8 Å². The minimum atomic E-state index is -0.213. The van der Waals surface area contributed by atoms with Crippen molar-refractivity contribution in [2.75, 3.05) is 0 Å². The first-order valence-corrected chi connectivity index (χ1v) is 8.73. The van der Waals surface area contributed by atoms with Gasteiger partial charge in [-0.1, -0.05) is 18.2 Å². The van der Waals surface area contributed by atoms with Crippen molar-refractivity contribution in [2.45, 2.75) is 58.3 Å². The lowest BCUT2D eigenvalue weighted by atomic mass is 10.1. The molecule has 0 unspecified atom stereocenters. The zero-order valence-electron chi connectivity index (χ0n) is 14.9. The molecule has 0 saturated carbocycles. The van der Waals surface area contributed by atoms with Crippen molar-refractivity contribution in [2.24, 2.45) is 0 Å². The smallest absolute Gasteiger partial charge is 0.315 e. The van der Waals surface area contributed by atoms with Gasteiger partial charge in [0.15, 0.2) is 0 Å². The van der Waals surface area contributed by atoms with Crippen molar-refractivity contribution in [3.63, 3.8) is 0 Å². The lowest BCUT2D eigenvalue weighted by Gasteiger charge is -2.26. The molecule has 2 N–H and O–H groups in total. The fourth-order valence-corrected chi connectivity index (χ4v) is 2.94. The molecule has 0 radical (unpaired) electrons. The van der Waals surface area contributed by atoms with E-state index < -0.39 is 0 Å². The van der Waals surface area contributed by atoms with Crippen molar-refractivity contribution >= 4 is 6.03 Å². The van der Waals surface area contributed by atoms with Crippen LogP contribution in [0.25, 0.3) is 0 Å².